The van der Waals surface area contributed by atoms with Crippen LogP contribution in [0.15, 0.2) is 103 Å². The standard InChI is InChI=1S/C64H75BN2/c1-39-30-55-57-56(31-39)67(52-25-22-41(58(2,3)4)32-43(52)40-20-18-17-19-21-40)54-37-49-47(63(13,14)38-64(49,15)16)35-51(54)65(57)50-34-46-48(62(11,12)29-28-61(46,9)10)36-53(50)66(55)42-23-24-44-45(33-42)60(7,8)27-26-59(44,5)6/h17-25,30-37H,26-29,38H2,1-16H3/i1D3. The van der Waals surface area contributed by atoms with Crippen molar-refractivity contribution in [2.75, 3.05) is 9.80 Å². The van der Waals surface area contributed by atoms with E-state index in [1.54, 1.807) is 0 Å². The summed E-state index contributed by atoms with van der Waals surface area (Å²) < 4.78 is 27.8. The molecule has 0 radical (unpaired) electrons. The van der Waals surface area contributed by atoms with Gasteiger partial charge in [0, 0.05) is 38.1 Å². The van der Waals surface area contributed by atoms with Crippen molar-refractivity contribution in [3.8, 4) is 11.1 Å². The molecule has 6 aromatic carbocycles. The quantitative estimate of drug-likeness (QED) is 0.163. The van der Waals surface area contributed by atoms with Gasteiger partial charge in [0.25, 0.3) is 6.71 Å². The average molecular weight is 886 g/mol. The third-order valence-corrected chi connectivity index (χ3v) is 17.8. The zero-order valence-electron chi connectivity index (χ0n) is 46.3. The zero-order chi connectivity index (χ0) is 50.3. The van der Waals surface area contributed by atoms with Gasteiger partial charge in [-0.2, -0.15) is 0 Å². The van der Waals surface area contributed by atoms with Crippen molar-refractivity contribution >= 4 is 57.2 Å². The van der Waals surface area contributed by atoms with E-state index in [1.165, 1.54) is 61.0 Å². The summed E-state index contributed by atoms with van der Waals surface area (Å²) in [4.78, 5) is 4.99. The first-order chi connectivity index (χ1) is 32.4. The first-order valence-corrected chi connectivity index (χ1v) is 25.4. The summed E-state index contributed by atoms with van der Waals surface area (Å²) in [5, 5.41) is 0. The second-order valence-electron chi connectivity index (χ2n) is 26.5. The summed E-state index contributed by atoms with van der Waals surface area (Å²) in [6, 6.07) is 39.5. The van der Waals surface area contributed by atoms with Gasteiger partial charge >= 0.3 is 0 Å². The molecule has 0 bridgehead atoms. The van der Waals surface area contributed by atoms with Gasteiger partial charge in [-0.05, 0) is 192 Å². The summed E-state index contributed by atoms with van der Waals surface area (Å²) in [7, 11) is 0. The highest BCUT2D eigenvalue weighted by Crippen LogP contribution is 2.56. The number of benzene rings is 6. The molecule has 11 rings (SSSR count). The maximum Gasteiger partial charge on any atom is 0.252 e. The van der Waals surface area contributed by atoms with Crippen LogP contribution in [0.4, 0.5) is 34.1 Å². The molecule has 2 aliphatic heterocycles. The van der Waals surface area contributed by atoms with Gasteiger partial charge in [0.15, 0.2) is 0 Å². The summed E-state index contributed by atoms with van der Waals surface area (Å²) in [6.45, 7) is 33.4. The Morgan fingerprint density at radius 2 is 0.955 bits per heavy atom. The smallest absolute Gasteiger partial charge is 0.252 e. The molecule has 3 aliphatic carbocycles. The van der Waals surface area contributed by atoms with Crippen LogP contribution in [0.2, 0.25) is 0 Å². The Morgan fingerprint density at radius 3 is 1.52 bits per heavy atom. The lowest BCUT2D eigenvalue weighted by atomic mass is 9.32. The SMILES string of the molecule is [2H]C([2H])([2H])c1cc2c3c(c1)N(c1ccc(C(C)(C)C)cc1-c1ccccc1)c1cc4c(cc1B3c1cc3c(cc1N2c1ccc2c(c1)C(C)(C)CCC2(C)C)C(C)(C)CCC3(C)C)C(C)(C)CC4(C)C. The highest BCUT2D eigenvalue weighted by molar-refractivity contribution is 7.00. The van der Waals surface area contributed by atoms with E-state index in [4.69, 9.17) is 0 Å². The molecule has 0 spiro atoms. The summed E-state index contributed by atoms with van der Waals surface area (Å²) in [5.74, 6) is 0. The van der Waals surface area contributed by atoms with Crippen molar-refractivity contribution in [1.29, 1.82) is 0 Å². The molecule has 344 valence electrons. The van der Waals surface area contributed by atoms with Crippen LogP contribution >= 0.6 is 0 Å². The highest BCUT2D eigenvalue weighted by atomic mass is 15.2. The lowest BCUT2D eigenvalue weighted by Gasteiger charge is -2.48. The van der Waals surface area contributed by atoms with E-state index in [0.29, 0.717) is 5.56 Å². The number of aryl methyl sites for hydroxylation is 1. The van der Waals surface area contributed by atoms with Crippen molar-refractivity contribution in [2.24, 2.45) is 0 Å². The van der Waals surface area contributed by atoms with Crippen LogP contribution in [0.5, 0.6) is 0 Å². The lowest BCUT2D eigenvalue weighted by molar-refractivity contribution is 0.332. The fraction of sp³-hybridized carbons (Fsp3) is 0.438. The Labute approximate surface area is 408 Å². The molecule has 0 amide bonds. The Kier molecular flexibility index (Phi) is 8.60. The number of anilines is 6. The van der Waals surface area contributed by atoms with E-state index in [2.05, 4.69) is 211 Å². The van der Waals surface area contributed by atoms with Crippen molar-refractivity contribution in [3.63, 3.8) is 0 Å². The van der Waals surface area contributed by atoms with Gasteiger partial charge in [0.05, 0.1) is 5.69 Å². The molecule has 0 atom stereocenters. The molecule has 5 aliphatic rings. The predicted octanol–water partition coefficient (Wildman–Crippen LogP) is 15.7. The van der Waals surface area contributed by atoms with E-state index >= 15 is 0 Å². The van der Waals surface area contributed by atoms with Gasteiger partial charge in [-0.15, -0.1) is 0 Å². The molecular weight excluding hydrogens is 808 g/mol. The molecule has 0 aromatic heterocycles. The first-order valence-electron chi connectivity index (χ1n) is 26.9. The van der Waals surface area contributed by atoms with Crippen LogP contribution in [0.3, 0.4) is 0 Å². The van der Waals surface area contributed by atoms with E-state index in [0.717, 1.165) is 71.7 Å². The molecule has 0 fully saturated rings. The summed E-state index contributed by atoms with van der Waals surface area (Å²) in [6.07, 6.45) is 5.52. The molecule has 3 heteroatoms. The molecular formula is C64H75BN2. The van der Waals surface area contributed by atoms with Crippen molar-refractivity contribution in [2.45, 2.75) is 181 Å². The predicted molar refractivity (Wildman–Crippen MR) is 291 cm³/mol. The molecule has 0 saturated heterocycles. The molecule has 0 unspecified atom stereocenters. The van der Waals surface area contributed by atoms with Crippen LogP contribution in [0.1, 0.15) is 185 Å². The van der Waals surface area contributed by atoms with Gasteiger partial charge < -0.3 is 9.80 Å². The minimum absolute atomic E-state index is 0.0202. The number of hydrogen-bond donors (Lipinski definition) is 0. The monoisotopic (exact) mass is 886 g/mol. The summed E-state index contributed by atoms with van der Waals surface area (Å²) >= 11 is 0. The Hall–Kier alpha value is -5.02. The highest BCUT2D eigenvalue weighted by Gasteiger charge is 2.50. The first kappa shape index (κ1) is 41.0. The Morgan fingerprint density at radius 1 is 0.463 bits per heavy atom. The zero-order valence-corrected chi connectivity index (χ0v) is 43.3. The molecule has 2 nitrogen and oxygen atoms in total. The van der Waals surface area contributed by atoms with Crippen molar-refractivity contribution in [3.05, 3.63) is 148 Å². The van der Waals surface area contributed by atoms with E-state index in [9.17, 15) is 4.11 Å². The molecule has 6 aromatic rings. The van der Waals surface area contributed by atoms with Crippen LogP contribution in [0.25, 0.3) is 11.1 Å². The lowest BCUT2D eigenvalue weighted by Crippen LogP contribution is -2.62. The van der Waals surface area contributed by atoms with Crippen molar-refractivity contribution in [1.82, 2.24) is 0 Å². The van der Waals surface area contributed by atoms with Crippen LogP contribution < -0.4 is 26.2 Å². The minimum atomic E-state index is -2.37. The topological polar surface area (TPSA) is 6.48 Å². The van der Waals surface area contributed by atoms with Crippen LogP contribution in [0, 0.1) is 6.85 Å². The van der Waals surface area contributed by atoms with Gasteiger partial charge in [0.1, 0.15) is 0 Å². The van der Waals surface area contributed by atoms with Gasteiger partial charge in [0.2, 0.25) is 0 Å². The summed E-state index contributed by atoms with van der Waals surface area (Å²) in [5.41, 5.74) is 22.3. The van der Waals surface area contributed by atoms with E-state index in [-0.39, 0.29) is 44.6 Å². The van der Waals surface area contributed by atoms with Crippen LogP contribution in [-0.2, 0) is 37.9 Å². The number of fused-ring (bicyclic) bond motifs is 7. The minimum Gasteiger partial charge on any atom is -0.311 e. The number of hydrogen-bond acceptors (Lipinski definition) is 2. The Balaban J connectivity index is 1.32. The van der Waals surface area contributed by atoms with Crippen LogP contribution in [-0.4, -0.2) is 6.71 Å². The molecule has 67 heavy (non-hydrogen) atoms. The van der Waals surface area contributed by atoms with Crippen molar-refractivity contribution < 1.29 is 4.11 Å². The fourth-order valence-corrected chi connectivity index (χ4v) is 13.8. The Bertz CT molecular complexity index is 3180. The number of rotatable bonds is 3. The van der Waals surface area contributed by atoms with Gasteiger partial charge in [-0.3, -0.25) is 0 Å². The third-order valence-electron chi connectivity index (χ3n) is 17.8. The second kappa shape index (κ2) is 14.0. The maximum absolute atomic E-state index is 9.27. The fourth-order valence-electron chi connectivity index (χ4n) is 13.8. The van der Waals surface area contributed by atoms with Gasteiger partial charge in [-0.1, -0.05) is 158 Å². The number of nitrogens with zero attached hydrogens (tertiary/aromatic N) is 2. The largest absolute Gasteiger partial charge is 0.311 e. The normalized spacial score (nSPS) is 21.4. The second-order valence-corrected chi connectivity index (χ2v) is 26.5. The molecule has 0 saturated carbocycles. The maximum atomic E-state index is 9.27. The van der Waals surface area contributed by atoms with E-state index in [1.807, 2.05) is 6.07 Å². The third kappa shape index (κ3) is 6.62. The average Bonchev–Trinajstić information content (AvgIpc) is 3.46. The van der Waals surface area contributed by atoms with Gasteiger partial charge in [-0.25, -0.2) is 0 Å². The molecule has 0 N–H and O–H groups in total. The van der Waals surface area contributed by atoms with E-state index < -0.39 is 6.85 Å². The molecule has 2 heterocycles.